The van der Waals surface area contributed by atoms with Crippen LogP contribution in [-0.2, 0) is 30.5 Å². The van der Waals surface area contributed by atoms with Crippen molar-refractivity contribution in [2.75, 3.05) is 4.90 Å². The average Bonchev–Trinajstić information content (AvgIpc) is 3.67. The summed E-state index contributed by atoms with van der Waals surface area (Å²) in [6.07, 6.45) is 3.33. The van der Waals surface area contributed by atoms with Crippen molar-refractivity contribution in [2.24, 2.45) is 0 Å². The fraction of sp³-hybridized carbons (Fsp3) is 0.406. The van der Waals surface area contributed by atoms with Crippen LogP contribution in [0.5, 0.6) is 0 Å². The van der Waals surface area contributed by atoms with Gasteiger partial charge >= 0.3 is 11.9 Å². The smallest absolute Gasteiger partial charge is 0.303 e. The van der Waals surface area contributed by atoms with Gasteiger partial charge in [-0.15, -0.1) is 0 Å². The molecule has 1 unspecified atom stereocenters. The van der Waals surface area contributed by atoms with Crippen molar-refractivity contribution in [3.63, 3.8) is 0 Å². The highest BCUT2D eigenvalue weighted by atomic mass is 19.2. The summed E-state index contributed by atoms with van der Waals surface area (Å²) in [4.78, 5) is 42.7. The lowest BCUT2D eigenvalue weighted by molar-refractivity contribution is -0.148. The maximum absolute atomic E-state index is 14.3. The number of esters is 2. The SMILES string of the molecule is CC(=O)OCc1noc(C)c1-c1ccc2c(c1)nc(C1CCC(=O)N1c1ccc(F)c(F)c1)n2C1CCC(OC(C)=O)CC1. The number of carbonyl (C=O) groups is 3. The molecule has 10 nitrogen and oxygen atoms in total. The Morgan fingerprint density at radius 1 is 1.00 bits per heavy atom. The summed E-state index contributed by atoms with van der Waals surface area (Å²) in [6.45, 7) is 4.46. The Hall–Kier alpha value is -4.61. The third-order valence-corrected chi connectivity index (χ3v) is 8.38. The van der Waals surface area contributed by atoms with Crippen molar-refractivity contribution in [1.82, 2.24) is 14.7 Å². The highest BCUT2D eigenvalue weighted by molar-refractivity contribution is 5.96. The van der Waals surface area contributed by atoms with Gasteiger partial charge in [0.1, 0.15) is 30.0 Å². The number of amides is 1. The van der Waals surface area contributed by atoms with Crippen LogP contribution in [0.25, 0.3) is 22.2 Å². The summed E-state index contributed by atoms with van der Waals surface area (Å²) < 4.78 is 46.3. The molecule has 230 valence electrons. The number of anilines is 1. The second-order valence-electron chi connectivity index (χ2n) is 11.3. The van der Waals surface area contributed by atoms with Crippen LogP contribution in [0.1, 0.15) is 81.7 Å². The number of aryl methyl sites for hydroxylation is 1. The second-order valence-corrected chi connectivity index (χ2v) is 11.3. The molecule has 1 saturated carbocycles. The van der Waals surface area contributed by atoms with Gasteiger partial charge in [-0.25, -0.2) is 13.8 Å². The first-order valence-electron chi connectivity index (χ1n) is 14.7. The van der Waals surface area contributed by atoms with Gasteiger partial charge in [-0.2, -0.15) is 0 Å². The van der Waals surface area contributed by atoms with E-state index in [9.17, 15) is 23.2 Å². The number of hydrogen-bond acceptors (Lipinski definition) is 8. The van der Waals surface area contributed by atoms with Gasteiger partial charge in [0.25, 0.3) is 0 Å². The van der Waals surface area contributed by atoms with Crippen LogP contribution >= 0.6 is 0 Å². The number of nitrogens with zero attached hydrogens (tertiary/aromatic N) is 4. The molecule has 0 radical (unpaired) electrons. The minimum Gasteiger partial charge on any atom is -0.463 e. The first-order chi connectivity index (χ1) is 21.1. The molecule has 1 aliphatic heterocycles. The Bertz CT molecular complexity index is 1760. The lowest BCUT2D eigenvalue weighted by Crippen LogP contribution is -2.31. The van der Waals surface area contributed by atoms with Crippen molar-refractivity contribution >= 4 is 34.6 Å². The van der Waals surface area contributed by atoms with E-state index in [1.54, 1.807) is 6.92 Å². The molecule has 0 spiro atoms. The summed E-state index contributed by atoms with van der Waals surface area (Å²) in [6, 6.07) is 8.77. The quantitative estimate of drug-likeness (QED) is 0.227. The molecule has 2 aromatic heterocycles. The fourth-order valence-corrected chi connectivity index (χ4v) is 6.49. The van der Waals surface area contributed by atoms with Gasteiger partial charge in [0.2, 0.25) is 5.91 Å². The maximum atomic E-state index is 14.3. The van der Waals surface area contributed by atoms with Crippen LogP contribution in [0.15, 0.2) is 40.9 Å². The van der Waals surface area contributed by atoms with Gasteiger partial charge in [-0.3, -0.25) is 14.4 Å². The predicted octanol–water partition coefficient (Wildman–Crippen LogP) is 6.26. The maximum Gasteiger partial charge on any atom is 0.303 e. The van der Waals surface area contributed by atoms with Crippen molar-refractivity contribution in [2.45, 2.75) is 84.1 Å². The highest BCUT2D eigenvalue weighted by Crippen LogP contribution is 2.42. The molecule has 1 saturated heterocycles. The van der Waals surface area contributed by atoms with Crippen LogP contribution in [0.3, 0.4) is 0 Å². The molecule has 12 heteroatoms. The molecule has 44 heavy (non-hydrogen) atoms. The minimum atomic E-state index is -1.03. The van der Waals surface area contributed by atoms with Gasteiger partial charge < -0.3 is 23.5 Å². The van der Waals surface area contributed by atoms with Crippen LogP contribution < -0.4 is 4.90 Å². The number of rotatable bonds is 7. The topological polar surface area (TPSA) is 117 Å². The summed E-state index contributed by atoms with van der Waals surface area (Å²) >= 11 is 0. The largest absolute Gasteiger partial charge is 0.463 e. The number of aromatic nitrogens is 3. The summed E-state index contributed by atoms with van der Waals surface area (Å²) in [7, 11) is 0. The van der Waals surface area contributed by atoms with Crippen LogP contribution in [0.2, 0.25) is 0 Å². The van der Waals surface area contributed by atoms with E-state index >= 15 is 0 Å². The zero-order chi connectivity index (χ0) is 31.1. The van der Waals surface area contributed by atoms with Crippen molar-refractivity contribution in [3.8, 4) is 11.1 Å². The first-order valence-corrected chi connectivity index (χ1v) is 14.7. The standard InChI is InChI=1S/C32H32F2N4O6/c1-17-31(27(36-44-17)16-42-18(2)39)20-4-11-28-26(14-20)35-32(38(28)21-5-8-23(9-6-21)43-19(3)40)29-12-13-30(41)37(29)22-7-10-24(33)25(34)15-22/h4,7,10-11,14-15,21,23,29H,5-6,8-9,12-13,16H2,1-3H3. The van der Waals surface area contributed by atoms with E-state index in [2.05, 4.69) is 9.72 Å². The molecular formula is C32H32F2N4O6. The van der Waals surface area contributed by atoms with Gasteiger partial charge in [0, 0.05) is 38.1 Å². The van der Waals surface area contributed by atoms with E-state index in [-0.39, 0.29) is 42.7 Å². The van der Waals surface area contributed by atoms with Crippen LogP contribution in [-0.4, -0.2) is 38.7 Å². The van der Waals surface area contributed by atoms with Crippen LogP contribution in [0, 0.1) is 18.6 Å². The van der Waals surface area contributed by atoms with E-state index in [1.807, 2.05) is 18.2 Å². The number of imidazole rings is 1. The van der Waals surface area contributed by atoms with Gasteiger partial charge in [0.15, 0.2) is 11.6 Å². The number of halogens is 2. The average molecular weight is 607 g/mol. The number of hydrogen-bond donors (Lipinski definition) is 0. The monoisotopic (exact) mass is 606 g/mol. The van der Waals surface area contributed by atoms with Crippen molar-refractivity contribution in [1.29, 1.82) is 0 Å². The molecule has 2 aliphatic rings. The summed E-state index contributed by atoms with van der Waals surface area (Å²) in [5.41, 5.74) is 3.73. The Morgan fingerprint density at radius 2 is 1.77 bits per heavy atom. The fourth-order valence-electron chi connectivity index (χ4n) is 6.49. The molecule has 1 atom stereocenters. The van der Waals surface area contributed by atoms with Crippen molar-refractivity contribution < 1.29 is 37.2 Å². The Balaban J connectivity index is 1.44. The van der Waals surface area contributed by atoms with Crippen molar-refractivity contribution in [3.05, 3.63) is 65.3 Å². The van der Waals surface area contributed by atoms with E-state index in [4.69, 9.17) is 19.0 Å². The van der Waals surface area contributed by atoms with Crippen LogP contribution in [0.4, 0.5) is 14.5 Å². The number of carbonyl (C=O) groups excluding carboxylic acids is 3. The van der Waals surface area contributed by atoms with E-state index in [0.717, 1.165) is 36.1 Å². The zero-order valence-electron chi connectivity index (χ0n) is 24.6. The summed E-state index contributed by atoms with van der Waals surface area (Å²) in [5.74, 6) is -1.76. The molecule has 0 bridgehead atoms. The molecule has 6 rings (SSSR count). The number of benzene rings is 2. The van der Waals surface area contributed by atoms with Gasteiger partial charge in [-0.1, -0.05) is 11.2 Å². The second kappa shape index (κ2) is 11.8. The van der Waals surface area contributed by atoms with Gasteiger partial charge in [-0.05, 0) is 68.9 Å². The minimum absolute atomic E-state index is 0.00650. The number of fused-ring (bicyclic) bond motifs is 1. The third-order valence-electron chi connectivity index (χ3n) is 8.38. The normalized spacial score (nSPS) is 20.3. The van der Waals surface area contributed by atoms with E-state index < -0.39 is 23.6 Å². The molecular weight excluding hydrogens is 574 g/mol. The van der Waals surface area contributed by atoms with E-state index in [0.29, 0.717) is 47.6 Å². The Labute approximate surface area is 251 Å². The molecule has 1 aliphatic carbocycles. The summed E-state index contributed by atoms with van der Waals surface area (Å²) in [5, 5.41) is 4.08. The molecule has 4 aromatic rings. The molecule has 3 heterocycles. The molecule has 1 amide bonds. The Kier molecular flexibility index (Phi) is 7.91. The molecule has 2 fully saturated rings. The first kappa shape index (κ1) is 29.5. The lowest BCUT2D eigenvalue weighted by atomic mass is 9.92. The lowest BCUT2D eigenvalue weighted by Gasteiger charge is -2.32. The molecule has 0 N–H and O–H groups in total. The Morgan fingerprint density at radius 3 is 2.48 bits per heavy atom. The molecule has 2 aromatic carbocycles. The zero-order valence-corrected chi connectivity index (χ0v) is 24.6. The van der Waals surface area contributed by atoms with Gasteiger partial charge in [0.05, 0.1) is 22.6 Å². The third kappa shape index (κ3) is 5.56. The highest BCUT2D eigenvalue weighted by Gasteiger charge is 2.39. The number of ether oxygens (including phenoxy) is 2. The predicted molar refractivity (Wildman–Crippen MR) is 154 cm³/mol. The van der Waals surface area contributed by atoms with E-state index in [1.165, 1.54) is 24.8 Å².